The van der Waals surface area contributed by atoms with E-state index < -0.39 is 16.8 Å². The molecule has 3 aromatic rings. The average molecular weight is 416 g/mol. The third-order valence-corrected chi connectivity index (χ3v) is 7.73. The van der Waals surface area contributed by atoms with Gasteiger partial charge in [0.2, 0.25) is 5.43 Å². The van der Waals surface area contributed by atoms with Gasteiger partial charge in [-0.05, 0) is 49.7 Å². The molecule has 1 saturated carbocycles. The van der Waals surface area contributed by atoms with E-state index in [4.69, 9.17) is 10.5 Å². The highest BCUT2D eigenvalue weighted by atomic mass is 32.1. The first-order chi connectivity index (χ1) is 13.9. The molecule has 3 N–H and O–H groups in total. The molecule has 1 aliphatic carbocycles. The molecule has 9 heteroatoms. The van der Waals surface area contributed by atoms with Gasteiger partial charge >= 0.3 is 0 Å². The topological polar surface area (TPSA) is 93.3 Å². The van der Waals surface area contributed by atoms with Gasteiger partial charge in [-0.25, -0.2) is 4.39 Å². The second-order valence-corrected chi connectivity index (χ2v) is 9.46. The van der Waals surface area contributed by atoms with E-state index >= 15 is 4.39 Å². The monoisotopic (exact) mass is 416 g/mol. The summed E-state index contributed by atoms with van der Waals surface area (Å²) in [5.41, 5.74) is 6.40. The van der Waals surface area contributed by atoms with Crippen molar-refractivity contribution in [2.45, 2.75) is 37.8 Å². The van der Waals surface area contributed by atoms with Gasteiger partial charge in [-0.3, -0.25) is 14.0 Å². The van der Waals surface area contributed by atoms with E-state index in [-0.39, 0.29) is 22.4 Å². The Morgan fingerprint density at radius 3 is 2.93 bits per heavy atom. The number of H-pyrrole nitrogens is 1. The summed E-state index contributed by atoms with van der Waals surface area (Å²) in [6.07, 6.45) is 2.97. The Labute approximate surface area is 169 Å². The Hall–Kier alpha value is -2.39. The minimum absolute atomic E-state index is 0.0806. The second-order valence-electron chi connectivity index (χ2n) is 8.67. The lowest BCUT2D eigenvalue weighted by molar-refractivity contribution is 0.250. The lowest BCUT2D eigenvalue weighted by Crippen LogP contribution is -2.35. The number of nitrogens with zero attached hydrogens (tertiary/aromatic N) is 2. The van der Waals surface area contributed by atoms with Crippen LogP contribution in [0.3, 0.4) is 0 Å². The first-order valence-electron chi connectivity index (χ1n) is 9.97. The fourth-order valence-corrected chi connectivity index (χ4v) is 5.98. The van der Waals surface area contributed by atoms with Crippen LogP contribution in [0.4, 0.5) is 10.1 Å². The van der Waals surface area contributed by atoms with E-state index in [0.717, 1.165) is 30.8 Å². The predicted octanol–water partition coefficient (Wildman–Crippen LogP) is 2.31. The number of aromatic nitrogens is 2. The number of nitrogens with two attached hydrogens (primary N) is 1. The van der Waals surface area contributed by atoms with Crippen LogP contribution in [-0.4, -0.2) is 34.2 Å². The van der Waals surface area contributed by atoms with Gasteiger partial charge < -0.3 is 19.9 Å². The highest BCUT2D eigenvalue weighted by Crippen LogP contribution is 2.48. The summed E-state index contributed by atoms with van der Waals surface area (Å²) in [6, 6.07) is 1.19. The number of hydrogen-bond donors (Lipinski definition) is 2. The van der Waals surface area contributed by atoms with E-state index in [1.807, 2.05) is 16.4 Å². The highest BCUT2D eigenvalue weighted by Gasteiger charge is 2.48. The van der Waals surface area contributed by atoms with Crippen molar-refractivity contribution in [3.8, 4) is 5.75 Å². The van der Waals surface area contributed by atoms with Crippen LogP contribution in [0.5, 0.6) is 5.75 Å². The fraction of sp³-hybridized carbons (Fsp3) is 0.500. The predicted molar refractivity (Wildman–Crippen MR) is 111 cm³/mol. The number of halogens is 1. The molecule has 4 heterocycles. The van der Waals surface area contributed by atoms with E-state index in [1.54, 1.807) is 0 Å². The zero-order valence-corrected chi connectivity index (χ0v) is 16.8. The minimum Gasteiger partial charge on any atom is -0.487 e. The van der Waals surface area contributed by atoms with Gasteiger partial charge in [0.1, 0.15) is 22.5 Å². The van der Waals surface area contributed by atoms with Crippen molar-refractivity contribution < 1.29 is 9.13 Å². The van der Waals surface area contributed by atoms with Crippen molar-refractivity contribution in [2.75, 3.05) is 24.6 Å². The molecule has 6 rings (SSSR count). The Morgan fingerprint density at radius 1 is 1.38 bits per heavy atom. The molecule has 0 amide bonds. The van der Waals surface area contributed by atoms with Crippen molar-refractivity contribution in [2.24, 2.45) is 11.7 Å². The van der Waals surface area contributed by atoms with E-state index in [9.17, 15) is 9.59 Å². The van der Waals surface area contributed by atoms with Gasteiger partial charge in [-0.1, -0.05) is 0 Å². The quantitative estimate of drug-likeness (QED) is 0.669. The van der Waals surface area contributed by atoms with Crippen LogP contribution in [0, 0.1) is 11.7 Å². The summed E-state index contributed by atoms with van der Waals surface area (Å²) < 4.78 is 26.0. The minimum atomic E-state index is -0.487. The molecule has 0 radical (unpaired) electrons. The van der Waals surface area contributed by atoms with Crippen LogP contribution in [0.25, 0.3) is 21.1 Å². The number of rotatable bonds is 2. The Bertz CT molecular complexity index is 1310. The Kier molecular flexibility index (Phi) is 3.38. The van der Waals surface area contributed by atoms with Crippen LogP contribution < -0.4 is 26.4 Å². The zero-order valence-electron chi connectivity index (χ0n) is 16.0. The number of hydrogen-bond acceptors (Lipinski definition) is 6. The number of fused-ring (bicyclic) bond motifs is 2. The summed E-state index contributed by atoms with van der Waals surface area (Å²) in [7, 11) is 0. The molecular formula is C20H21FN4O3S. The van der Waals surface area contributed by atoms with Crippen LogP contribution >= 0.6 is 11.5 Å². The molecule has 7 nitrogen and oxygen atoms in total. The third-order valence-electron chi connectivity index (χ3n) is 6.85. The normalized spacial score (nSPS) is 25.0. The van der Waals surface area contributed by atoms with E-state index in [2.05, 4.69) is 4.37 Å². The van der Waals surface area contributed by atoms with Gasteiger partial charge in [0, 0.05) is 18.6 Å². The van der Waals surface area contributed by atoms with Gasteiger partial charge in [-0.2, -0.15) is 0 Å². The smallest absolute Gasteiger partial charge is 0.271 e. The lowest BCUT2D eigenvalue weighted by atomic mass is 9.97. The van der Waals surface area contributed by atoms with Crippen LogP contribution in [-0.2, 0) is 0 Å². The largest absolute Gasteiger partial charge is 0.487 e. The summed E-state index contributed by atoms with van der Waals surface area (Å²) in [5.74, 6) is 0.256. The van der Waals surface area contributed by atoms with E-state index in [0.29, 0.717) is 47.4 Å². The fourth-order valence-electron chi connectivity index (χ4n) is 5.03. The number of anilines is 1. The van der Waals surface area contributed by atoms with Crippen molar-refractivity contribution in [1.29, 1.82) is 0 Å². The summed E-state index contributed by atoms with van der Waals surface area (Å²) in [6.45, 7) is 3.72. The van der Waals surface area contributed by atoms with E-state index in [1.165, 1.54) is 6.07 Å². The number of benzene rings is 1. The standard InChI is InChI=1S/C20H21FN4O3S/c1-9-8-28-17-14-11(16(26)13-18(27)23-29-19(13)25(9)14)6-12(21)15(17)24-5-2-10(7-24)20(22)3-4-20/h6,9-10H,2-5,7-8,22H2,1H3,(H,23,27). The first-order valence-corrected chi connectivity index (χ1v) is 10.8. The molecular weight excluding hydrogens is 395 g/mol. The summed E-state index contributed by atoms with van der Waals surface area (Å²) >= 11 is 1.14. The lowest BCUT2D eigenvalue weighted by Gasteiger charge is -2.31. The van der Waals surface area contributed by atoms with Crippen LogP contribution in [0.15, 0.2) is 15.7 Å². The molecule has 2 aromatic heterocycles. The molecule has 0 spiro atoms. The molecule has 1 saturated heterocycles. The number of ether oxygens (including phenoxy) is 1. The molecule has 2 aliphatic heterocycles. The average Bonchev–Trinajstić information content (AvgIpc) is 3.10. The molecule has 152 valence electrons. The maximum atomic E-state index is 15.3. The maximum Gasteiger partial charge on any atom is 0.271 e. The molecule has 2 unspecified atom stereocenters. The molecule has 2 atom stereocenters. The molecule has 1 aromatic carbocycles. The zero-order chi connectivity index (χ0) is 20.1. The summed E-state index contributed by atoms with van der Waals surface area (Å²) in [4.78, 5) is 27.8. The van der Waals surface area contributed by atoms with Crippen LogP contribution in [0.1, 0.15) is 32.2 Å². The number of aromatic amines is 1. The SMILES string of the molecule is CC1COc2c(N3CCC(C4(N)CC4)C3)c(F)cc3c(=O)c4c(=O)[nH]sc4n1c23. The molecule has 0 bridgehead atoms. The maximum absolute atomic E-state index is 15.3. The first kappa shape index (κ1) is 17.5. The van der Waals surface area contributed by atoms with Gasteiger partial charge in [0.15, 0.2) is 11.6 Å². The van der Waals surface area contributed by atoms with Crippen molar-refractivity contribution in [3.63, 3.8) is 0 Å². The molecule has 2 fully saturated rings. The third kappa shape index (κ3) is 2.25. The van der Waals surface area contributed by atoms with Gasteiger partial charge in [-0.15, -0.1) is 0 Å². The molecule has 3 aliphatic rings. The molecule has 29 heavy (non-hydrogen) atoms. The summed E-state index contributed by atoms with van der Waals surface area (Å²) in [5, 5.41) is 0.284. The van der Waals surface area contributed by atoms with Crippen molar-refractivity contribution >= 4 is 38.3 Å². The van der Waals surface area contributed by atoms with Crippen LogP contribution in [0.2, 0.25) is 0 Å². The number of nitrogens with one attached hydrogen (secondary N) is 1. The van der Waals surface area contributed by atoms with Crippen molar-refractivity contribution in [3.05, 3.63) is 32.5 Å². The Balaban J connectivity index is 1.63. The highest BCUT2D eigenvalue weighted by molar-refractivity contribution is 7.12. The van der Waals surface area contributed by atoms with Crippen molar-refractivity contribution in [1.82, 2.24) is 8.94 Å². The van der Waals surface area contributed by atoms with Gasteiger partial charge in [0.05, 0.1) is 16.9 Å². The van der Waals surface area contributed by atoms with Gasteiger partial charge in [0.25, 0.3) is 5.56 Å². The Morgan fingerprint density at radius 2 is 2.17 bits per heavy atom. The number of pyridine rings is 1. The second kappa shape index (κ2) is 5.60.